The summed E-state index contributed by atoms with van der Waals surface area (Å²) in [4.78, 5) is 16.6. The summed E-state index contributed by atoms with van der Waals surface area (Å²) in [6, 6.07) is 1.82. The molecule has 0 bridgehead atoms. The van der Waals surface area contributed by atoms with E-state index in [2.05, 4.69) is 9.36 Å². The molecule has 0 atom stereocenters. The molecule has 0 aliphatic carbocycles. The fraction of sp³-hybridized carbons (Fsp3) is 0.300. The van der Waals surface area contributed by atoms with Crippen molar-refractivity contribution in [3.8, 4) is 11.4 Å². The number of hydrogen-bond donors (Lipinski definition) is 0. The van der Waals surface area contributed by atoms with E-state index in [9.17, 15) is 4.79 Å². The quantitative estimate of drug-likeness (QED) is 0.772. The summed E-state index contributed by atoms with van der Waals surface area (Å²) < 4.78 is 4.23. The molecule has 2 aromatic rings. The predicted molar refractivity (Wildman–Crippen MR) is 62.4 cm³/mol. The molecule has 5 heteroatoms. The number of rotatable bonds is 3. The minimum Gasteiger partial charge on any atom is -0.293 e. The Kier molecular flexibility index (Phi) is 2.93. The van der Waals surface area contributed by atoms with Crippen LogP contribution in [0.1, 0.15) is 23.5 Å². The minimum atomic E-state index is 0.0220. The lowest BCUT2D eigenvalue weighted by Gasteiger charge is -1.97. The Morgan fingerprint density at radius 1 is 1.40 bits per heavy atom. The van der Waals surface area contributed by atoms with Crippen LogP contribution in [0.4, 0.5) is 0 Å². The van der Waals surface area contributed by atoms with E-state index in [1.165, 1.54) is 22.9 Å². The second-order valence-electron chi connectivity index (χ2n) is 3.47. The third kappa shape index (κ3) is 2.13. The van der Waals surface area contributed by atoms with Gasteiger partial charge in [0.25, 0.3) is 0 Å². The Hall–Kier alpha value is -1.07. The molecule has 2 heterocycles. The molecule has 3 nitrogen and oxygen atoms in total. The number of ketones is 1. The van der Waals surface area contributed by atoms with Crippen LogP contribution in [-0.4, -0.2) is 15.1 Å². The molecule has 2 aromatic heterocycles. The normalized spacial score (nSPS) is 10.9. The number of carbonyl (C=O) groups excluding carboxylic acids is 1. The molecule has 0 aromatic carbocycles. The van der Waals surface area contributed by atoms with Crippen LogP contribution in [-0.2, 0) is 0 Å². The second-order valence-corrected chi connectivity index (χ2v) is 4.99. The van der Waals surface area contributed by atoms with Crippen LogP contribution in [0.25, 0.3) is 11.4 Å². The SMILES string of the molecule is CC(C)C(=O)c1cc(-c2cscn2)ns1. The standard InChI is InChI=1S/C10H10N2OS2/c1-6(2)10(13)9-3-7(12-15-9)8-4-14-5-11-8/h3-6H,1-2H3. The highest BCUT2D eigenvalue weighted by Gasteiger charge is 2.15. The molecule has 0 aliphatic heterocycles. The zero-order valence-corrected chi connectivity index (χ0v) is 10.1. The topological polar surface area (TPSA) is 42.9 Å². The molecule has 0 saturated carbocycles. The molecule has 0 spiro atoms. The van der Waals surface area contributed by atoms with Gasteiger partial charge in [0.05, 0.1) is 10.4 Å². The first-order valence-electron chi connectivity index (χ1n) is 4.58. The van der Waals surface area contributed by atoms with E-state index in [4.69, 9.17) is 0 Å². The van der Waals surface area contributed by atoms with Gasteiger partial charge in [-0.3, -0.25) is 4.79 Å². The molecule has 0 radical (unpaired) electrons. The smallest absolute Gasteiger partial charge is 0.176 e. The Morgan fingerprint density at radius 2 is 2.20 bits per heavy atom. The zero-order valence-electron chi connectivity index (χ0n) is 8.43. The third-order valence-corrected chi connectivity index (χ3v) is 3.36. The van der Waals surface area contributed by atoms with Gasteiger partial charge in [-0.2, -0.15) is 4.37 Å². The van der Waals surface area contributed by atoms with Crippen LogP contribution < -0.4 is 0 Å². The lowest BCUT2D eigenvalue weighted by molar-refractivity contribution is 0.0943. The van der Waals surface area contributed by atoms with E-state index >= 15 is 0 Å². The molecule has 0 aliphatic rings. The Balaban J connectivity index is 2.29. The summed E-state index contributed by atoms with van der Waals surface area (Å²) >= 11 is 2.78. The maximum atomic E-state index is 11.7. The van der Waals surface area contributed by atoms with Crippen molar-refractivity contribution < 1.29 is 4.79 Å². The van der Waals surface area contributed by atoms with Crippen molar-refractivity contribution in [2.75, 3.05) is 0 Å². The average Bonchev–Trinajstić information content (AvgIpc) is 2.86. The predicted octanol–water partition coefficient (Wildman–Crippen LogP) is 3.11. The number of carbonyl (C=O) groups is 1. The van der Waals surface area contributed by atoms with E-state index in [1.807, 2.05) is 25.3 Å². The number of Topliss-reactive ketones (excluding diaryl/α,β-unsaturated/α-hetero) is 1. The minimum absolute atomic E-state index is 0.0220. The molecule has 0 saturated heterocycles. The van der Waals surface area contributed by atoms with Gasteiger partial charge >= 0.3 is 0 Å². The van der Waals surface area contributed by atoms with E-state index < -0.39 is 0 Å². The van der Waals surface area contributed by atoms with Crippen LogP contribution in [0, 0.1) is 5.92 Å². The number of thiazole rings is 1. The molecule has 0 N–H and O–H groups in total. The average molecular weight is 238 g/mol. The van der Waals surface area contributed by atoms with Crippen molar-refractivity contribution in [3.63, 3.8) is 0 Å². The Bertz CT molecular complexity index is 459. The van der Waals surface area contributed by atoms with Gasteiger partial charge in [-0.05, 0) is 17.6 Å². The largest absolute Gasteiger partial charge is 0.293 e. The van der Waals surface area contributed by atoms with E-state index in [0.29, 0.717) is 4.88 Å². The maximum Gasteiger partial charge on any atom is 0.176 e. The lowest BCUT2D eigenvalue weighted by atomic mass is 10.1. The number of aromatic nitrogens is 2. The van der Waals surface area contributed by atoms with Crippen LogP contribution in [0.15, 0.2) is 17.0 Å². The fourth-order valence-electron chi connectivity index (χ4n) is 1.14. The van der Waals surface area contributed by atoms with Crippen molar-refractivity contribution in [2.24, 2.45) is 5.92 Å². The molecule has 0 fully saturated rings. The highest BCUT2D eigenvalue weighted by molar-refractivity contribution is 7.08. The highest BCUT2D eigenvalue weighted by Crippen LogP contribution is 2.23. The van der Waals surface area contributed by atoms with Crippen molar-refractivity contribution in [1.82, 2.24) is 9.36 Å². The van der Waals surface area contributed by atoms with Gasteiger partial charge in [-0.1, -0.05) is 13.8 Å². The van der Waals surface area contributed by atoms with Gasteiger partial charge in [0, 0.05) is 11.3 Å². The number of nitrogens with zero attached hydrogens (tertiary/aromatic N) is 2. The second kappa shape index (κ2) is 4.20. The monoisotopic (exact) mass is 238 g/mol. The van der Waals surface area contributed by atoms with Crippen molar-refractivity contribution >= 4 is 28.7 Å². The van der Waals surface area contributed by atoms with Gasteiger partial charge < -0.3 is 0 Å². The number of hydrogen-bond acceptors (Lipinski definition) is 5. The fourth-order valence-corrected chi connectivity index (χ4v) is 2.51. The summed E-state index contributed by atoms with van der Waals surface area (Å²) in [5.41, 5.74) is 3.41. The molecule has 0 unspecified atom stereocenters. The van der Waals surface area contributed by atoms with Gasteiger partial charge in [-0.15, -0.1) is 11.3 Å². The summed E-state index contributed by atoms with van der Waals surface area (Å²) in [6.45, 7) is 3.79. The van der Waals surface area contributed by atoms with Crippen LogP contribution in [0.3, 0.4) is 0 Å². The first-order valence-corrected chi connectivity index (χ1v) is 6.29. The van der Waals surface area contributed by atoms with Crippen molar-refractivity contribution in [3.05, 3.63) is 21.8 Å². The van der Waals surface area contributed by atoms with Gasteiger partial charge in [0.2, 0.25) is 0 Å². The summed E-state index contributed by atoms with van der Waals surface area (Å²) in [7, 11) is 0. The van der Waals surface area contributed by atoms with E-state index in [0.717, 1.165) is 11.4 Å². The van der Waals surface area contributed by atoms with E-state index in [1.54, 1.807) is 5.51 Å². The van der Waals surface area contributed by atoms with Crippen LogP contribution in [0.2, 0.25) is 0 Å². The Labute approximate surface area is 96.0 Å². The summed E-state index contributed by atoms with van der Waals surface area (Å²) in [5, 5.41) is 1.93. The molecular formula is C10H10N2OS2. The highest BCUT2D eigenvalue weighted by atomic mass is 32.1. The van der Waals surface area contributed by atoms with Crippen LogP contribution in [0.5, 0.6) is 0 Å². The molecular weight excluding hydrogens is 228 g/mol. The zero-order chi connectivity index (χ0) is 10.8. The van der Waals surface area contributed by atoms with Gasteiger partial charge in [-0.25, -0.2) is 4.98 Å². The molecule has 2 rings (SSSR count). The maximum absolute atomic E-state index is 11.7. The third-order valence-electron chi connectivity index (χ3n) is 1.97. The van der Waals surface area contributed by atoms with Crippen molar-refractivity contribution in [2.45, 2.75) is 13.8 Å². The molecule has 78 valence electrons. The molecule has 15 heavy (non-hydrogen) atoms. The summed E-state index contributed by atoms with van der Waals surface area (Å²) in [5.74, 6) is 0.169. The summed E-state index contributed by atoms with van der Waals surface area (Å²) in [6.07, 6.45) is 0. The lowest BCUT2D eigenvalue weighted by Crippen LogP contribution is -2.04. The van der Waals surface area contributed by atoms with Gasteiger partial charge in [0.1, 0.15) is 11.4 Å². The van der Waals surface area contributed by atoms with Crippen molar-refractivity contribution in [1.29, 1.82) is 0 Å². The first kappa shape index (κ1) is 10.4. The Morgan fingerprint density at radius 3 is 2.80 bits per heavy atom. The first-order chi connectivity index (χ1) is 7.18. The van der Waals surface area contributed by atoms with Gasteiger partial charge in [0.15, 0.2) is 5.78 Å². The molecule has 0 amide bonds. The van der Waals surface area contributed by atoms with Crippen LogP contribution >= 0.6 is 22.9 Å². The van der Waals surface area contributed by atoms with E-state index in [-0.39, 0.29) is 11.7 Å².